The zero-order valence-corrected chi connectivity index (χ0v) is 62.6. The van der Waals surface area contributed by atoms with E-state index in [-0.39, 0.29) is 108 Å². The lowest BCUT2D eigenvalue weighted by Gasteiger charge is -2.26. The third kappa shape index (κ3) is 31.7. The van der Waals surface area contributed by atoms with Gasteiger partial charge >= 0.3 is 71.6 Å². The Labute approximate surface area is 653 Å². The number of esters is 12. The number of unbranched alkanes of at least 4 members (excludes halogenated alkanes) is 4. The molecule has 0 aliphatic rings. The van der Waals surface area contributed by atoms with Crippen LogP contribution in [-0.4, -0.2) is 152 Å². The molecule has 28 nitrogen and oxygen atoms in total. The summed E-state index contributed by atoms with van der Waals surface area (Å²) in [5.41, 5.74) is 2.04. The molecule has 0 unspecified atom stereocenters. The molecule has 590 valence electrons. The van der Waals surface area contributed by atoms with Crippen molar-refractivity contribution in [2.24, 2.45) is 0 Å². The lowest BCUT2D eigenvalue weighted by atomic mass is 10.1. The number of hydrogen-bond donors (Lipinski definition) is 2. The van der Waals surface area contributed by atoms with Gasteiger partial charge in [0.05, 0.1) is 29.9 Å². The number of carbonyl (C=O) groups is 14. The molecule has 7 aromatic carbocycles. The van der Waals surface area contributed by atoms with Crippen LogP contribution in [0.3, 0.4) is 0 Å². The predicted octanol–water partition coefficient (Wildman–Crippen LogP) is 9.77. The van der Waals surface area contributed by atoms with E-state index in [1.165, 1.54) is 72.8 Å². The summed E-state index contributed by atoms with van der Waals surface area (Å²) in [5.74, 6) is -15.5. The molecule has 112 heavy (non-hydrogen) atoms. The molecule has 6 atom stereocenters. The third-order valence-electron chi connectivity index (χ3n) is 16.0. The van der Waals surface area contributed by atoms with Gasteiger partial charge in [0, 0.05) is 37.7 Å². The van der Waals surface area contributed by atoms with Crippen LogP contribution in [0.4, 0.5) is 0 Å². The van der Waals surface area contributed by atoms with Crippen molar-refractivity contribution in [3.63, 3.8) is 0 Å². The third-order valence-corrected chi connectivity index (χ3v) is 16.6. The van der Waals surface area contributed by atoms with Crippen LogP contribution < -0.4 is 10.6 Å². The number of benzene rings is 7. The van der Waals surface area contributed by atoms with E-state index in [1.54, 1.807) is 140 Å². The number of hydrogen-bond acceptors (Lipinski definition) is 26. The average Bonchev–Trinajstić information content (AvgIpc) is 0.844. The van der Waals surface area contributed by atoms with Crippen LogP contribution in [0.5, 0.6) is 0 Å². The van der Waals surface area contributed by atoms with Crippen molar-refractivity contribution in [2.45, 2.75) is 140 Å². The van der Waals surface area contributed by atoms with Crippen LogP contribution in [0.15, 0.2) is 212 Å². The monoisotopic (exact) mass is 1600 g/mol. The van der Waals surface area contributed by atoms with Gasteiger partial charge in [0.2, 0.25) is 36.6 Å². The number of alkyl halides is 1. The normalized spacial score (nSPS) is 12.3. The summed E-state index contributed by atoms with van der Waals surface area (Å²) in [4.78, 5) is 191. The standard InChI is InChI=1S/C83H85BrN2O26/c84-47-29-51-102-68(91)52-67(90)101-50-28-46-66(89)107-69(75(92)85-48-26-8-24-44-64(87)108-71(80(97)103-53-57-30-10-1-11-31-57)73(111-78(95)62-40-20-6-21-41-62)82(99)105-55-59-34-14-3-15-35-59)70(110-77(94)61-38-18-5-19-39-61)76(93)86-49-27-9-25-45-65(88)109-72(81(98)104-54-58-32-12-2-13-33-58)74(112-79(96)63-42-22-7-23-43-63)83(100)106-56-60-36-16-4-17-37-60/h1-7,10-23,30-43,69-74H,8-9,24-29,44-56H2,(H,85,92)(H,86,93)/t69-,70-,71-,72-,73-,74-/m0/s1. The quantitative estimate of drug-likeness (QED) is 0.0118. The number of carbonyl (C=O) groups excluding carboxylic acids is 14. The van der Waals surface area contributed by atoms with Gasteiger partial charge in [-0.05, 0) is 97.2 Å². The summed E-state index contributed by atoms with van der Waals surface area (Å²) < 4.78 is 65.9. The summed E-state index contributed by atoms with van der Waals surface area (Å²) in [6.45, 7) is -2.11. The Balaban J connectivity index is 1.02. The van der Waals surface area contributed by atoms with Crippen LogP contribution in [0.1, 0.15) is 130 Å². The fraction of sp³-hybridized carbons (Fsp3) is 0.325. The zero-order chi connectivity index (χ0) is 80.1. The highest BCUT2D eigenvalue weighted by Gasteiger charge is 2.45. The van der Waals surface area contributed by atoms with E-state index in [2.05, 4.69) is 26.6 Å². The van der Waals surface area contributed by atoms with Crippen LogP contribution in [-0.2, 0) is 136 Å². The Hall–Kier alpha value is -12.4. The second kappa shape index (κ2) is 48.9. The SMILES string of the molecule is O=C(CC(=O)OCCCC(=O)O[C@H](C(=O)NCCCCCC(=O)O[C@H](C(=O)OCc1ccccc1)[C@H](OC(=O)c1ccccc1)C(=O)OCc1ccccc1)[C@H](OC(=O)c1ccccc1)C(=O)NCCCCCC(=O)O[C@H](C(=O)OCc1ccccc1)[C@H](OC(=O)c1ccccc1)C(=O)OCc1ccccc1)OCCCBr. The fourth-order valence-electron chi connectivity index (χ4n) is 10.2. The Bertz CT molecular complexity index is 4180. The Morgan fingerprint density at radius 1 is 0.268 bits per heavy atom. The van der Waals surface area contributed by atoms with Crippen molar-refractivity contribution < 1.29 is 124 Å². The lowest BCUT2D eigenvalue weighted by molar-refractivity contribution is -0.185. The van der Waals surface area contributed by atoms with Crippen LogP contribution in [0.2, 0.25) is 0 Å². The molecular formula is C83H85BrN2O26. The van der Waals surface area contributed by atoms with E-state index in [0.29, 0.717) is 34.0 Å². The van der Waals surface area contributed by atoms with Crippen molar-refractivity contribution in [1.82, 2.24) is 10.6 Å². The lowest BCUT2D eigenvalue weighted by Crippen LogP contribution is -2.53. The summed E-state index contributed by atoms with van der Waals surface area (Å²) in [6, 6.07) is 56.1. The van der Waals surface area contributed by atoms with Crippen molar-refractivity contribution in [1.29, 1.82) is 0 Å². The van der Waals surface area contributed by atoms with Gasteiger partial charge in [-0.25, -0.2) is 33.6 Å². The summed E-state index contributed by atoms with van der Waals surface area (Å²) in [6.07, 6.45) is -14.5. The van der Waals surface area contributed by atoms with Crippen molar-refractivity contribution in [3.05, 3.63) is 251 Å². The van der Waals surface area contributed by atoms with Crippen LogP contribution in [0, 0.1) is 0 Å². The van der Waals surface area contributed by atoms with E-state index in [1.807, 2.05) is 0 Å². The molecule has 0 aliphatic carbocycles. The van der Waals surface area contributed by atoms with Crippen LogP contribution >= 0.6 is 15.9 Å². The molecule has 0 heterocycles. The van der Waals surface area contributed by atoms with Gasteiger partial charge in [-0.1, -0.05) is 205 Å². The van der Waals surface area contributed by atoms with Gasteiger partial charge in [0.1, 0.15) is 32.8 Å². The Morgan fingerprint density at radius 2 is 0.527 bits per heavy atom. The first kappa shape index (κ1) is 86.8. The number of ether oxygens (including phenoxy) is 12. The first-order chi connectivity index (χ1) is 54.3. The van der Waals surface area contributed by atoms with E-state index in [9.17, 15) is 67.1 Å². The smallest absolute Gasteiger partial charge is 0.352 e. The maximum absolute atomic E-state index is 14.4. The van der Waals surface area contributed by atoms with Gasteiger partial charge in [-0.2, -0.15) is 0 Å². The molecule has 0 saturated heterocycles. The van der Waals surface area contributed by atoms with Gasteiger partial charge < -0.3 is 67.5 Å². The minimum atomic E-state index is -2.22. The van der Waals surface area contributed by atoms with Gasteiger partial charge in [-0.3, -0.25) is 33.6 Å². The molecule has 0 saturated carbocycles. The van der Waals surface area contributed by atoms with Crippen LogP contribution in [0.25, 0.3) is 0 Å². The number of rotatable bonds is 47. The molecular weight excluding hydrogens is 1520 g/mol. The van der Waals surface area contributed by atoms with E-state index in [4.69, 9.17) is 56.8 Å². The minimum absolute atomic E-state index is 0.00946. The average molecular weight is 1610 g/mol. The largest absolute Gasteiger partial charge is 0.465 e. The fourth-order valence-corrected chi connectivity index (χ4v) is 10.4. The van der Waals surface area contributed by atoms with E-state index < -0.39 is 152 Å². The predicted molar refractivity (Wildman–Crippen MR) is 399 cm³/mol. The second-order valence-corrected chi connectivity index (χ2v) is 25.4. The molecule has 29 heteroatoms. The maximum Gasteiger partial charge on any atom is 0.352 e. The highest BCUT2D eigenvalue weighted by Crippen LogP contribution is 2.22. The first-order valence-electron chi connectivity index (χ1n) is 36.0. The first-order valence-corrected chi connectivity index (χ1v) is 37.1. The molecule has 0 aliphatic heterocycles. The highest BCUT2D eigenvalue weighted by molar-refractivity contribution is 9.09. The molecule has 0 bridgehead atoms. The number of amides is 2. The summed E-state index contributed by atoms with van der Waals surface area (Å²) in [7, 11) is 0. The molecule has 7 aromatic rings. The molecule has 2 amide bonds. The topological polar surface area (TPSA) is 374 Å². The van der Waals surface area contributed by atoms with E-state index >= 15 is 0 Å². The molecule has 0 fully saturated rings. The van der Waals surface area contributed by atoms with E-state index in [0.717, 1.165) is 0 Å². The molecule has 0 spiro atoms. The molecule has 0 aromatic heterocycles. The van der Waals surface area contributed by atoms with Crippen molar-refractivity contribution in [2.75, 3.05) is 31.6 Å². The van der Waals surface area contributed by atoms with Crippen molar-refractivity contribution in [3.8, 4) is 0 Å². The minimum Gasteiger partial charge on any atom is -0.465 e. The Morgan fingerprint density at radius 3 is 0.839 bits per heavy atom. The number of nitrogens with one attached hydrogen (secondary N) is 2. The Kier molecular flexibility index (Phi) is 37.9. The zero-order valence-electron chi connectivity index (χ0n) is 61.0. The summed E-state index contributed by atoms with van der Waals surface area (Å²) >= 11 is 3.21. The maximum atomic E-state index is 14.4. The van der Waals surface area contributed by atoms with Gasteiger partial charge in [0.15, 0.2) is 0 Å². The van der Waals surface area contributed by atoms with Gasteiger partial charge in [0.25, 0.3) is 11.8 Å². The second-order valence-electron chi connectivity index (χ2n) is 24.6. The summed E-state index contributed by atoms with van der Waals surface area (Å²) in [5, 5.41) is 5.70. The highest BCUT2D eigenvalue weighted by atomic mass is 79.9. The van der Waals surface area contributed by atoms with Gasteiger partial charge in [-0.15, -0.1) is 0 Å². The molecule has 2 N–H and O–H groups in total. The van der Waals surface area contributed by atoms with Crippen molar-refractivity contribution >= 4 is 99.4 Å². The molecule has 0 radical (unpaired) electrons. The molecule has 7 rings (SSSR count). The number of halogens is 1.